The summed E-state index contributed by atoms with van der Waals surface area (Å²) in [6, 6.07) is 11.6. The zero-order valence-electron chi connectivity index (χ0n) is 22.0. The summed E-state index contributed by atoms with van der Waals surface area (Å²) in [4.78, 5) is 36.5. The third-order valence-corrected chi connectivity index (χ3v) is 7.20. The molecule has 2 amide bonds. The number of carbonyl (C=O) groups is 2. The molecule has 0 atom stereocenters. The summed E-state index contributed by atoms with van der Waals surface area (Å²) in [7, 11) is 0. The molecule has 0 aliphatic carbocycles. The number of nitrogens with two attached hydrogens (primary N) is 2. The maximum absolute atomic E-state index is 13.3. The number of hydrogen-bond acceptors (Lipinski definition) is 7. The molecule has 41 heavy (non-hydrogen) atoms. The lowest BCUT2D eigenvalue weighted by molar-refractivity contribution is -0.123. The monoisotopic (exact) mass is 639 g/mol. The number of halogens is 5. The zero-order valence-corrected chi connectivity index (χ0v) is 23.6. The Bertz CT molecular complexity index is 1300. The van der Waals surface area contributed by atoms with Crippen molar-refractivity contribution < 1.29 is 27.2 Å². The van der Waals surface area contributed by atoms with Crippen molar-refractivity contribution in [1.29, 1.82) is 0 Å². The van der Waals surface area contributed by atoms with Gasteiger partial charge in [0, 0.05) is 38.0 Å². The number of aromatic nitrogens is 3. The van der Waals surface area contributed by atoms with Gasteiger partial charge in [-0.15, -0.1) is 0 Å². The van der Waals surface area contributed by atoms with Gasteiger partial charge in [0.05, 0.1) is 4.47 Å². The van der Waals surface area contributed by atoms with Gasteiger partial charge < -0.3 is 21.3 Å². The molecule has 2 saturated heterocycles. The number of nitrogens with zero attached hydrogens (tertiary/aromatic N) is 5. The molecule has 220 valence electrons. The summed E-state index contributed by atoms with van der Waals surface area (Å²) in [5, 5.41) is 0. The van der Waals surface area contributed by atoms with Gasteiger partial charge in [0.1, 0.15) is 11.6 Å². The Morgan fingerprint density at radius 3 is 1.44 bits per heavy atom. The molecule has 4 N–H and O–H groups in total. The highest BCUT2D eigenvalue weighted by molar-refractivity contribution is 9.10. The Kier molecular flexibility index (Phi) is 11.8. The van der Waals surface area contributed by atoms with Crippen LogP contribution in [0.5, 0.6) is 0 Å². The summed E-state index contributed by atoms with van der Waals surface area (Å²) in [6.07, 6.45) is 2.84. The molecule has 2 fully saturated rings. The van der Waals surface area contributed by atoms with Gasteiger partial charge in [-0.3, -0.25) is 9.59 Å². The topological polar surface area (TPSA) is 131 Å². The van der Waals surface area contributed by atoms with Gasteiger partial charge >= 0.3 is 0 Å². The predicted octanol–water partition coefficient (Wildman–Crippen LogP) is 3.97. The average molecular weight is 640 g/mol. The number of primary amides is 2. The highest BCUT2D eigenvalue weighted by Gasteiger charge is 2.25. The average Bonchev–Trinajstić information content (AvgIpc) is 2.95. The minimum absolute atomic E-state index is 0.0511. The van der Waals surface area contributed by atoms with Crippen molar-refractivity contribution in [3.63, 3.8) is 0 Å². The van der Waals surface area contributed by atoms with Gasteiger partial charge in [-0.1, -0.05) is 12.1 Å². The van der Waals surface area contributed by atoms with E-state index in [1.165, 1.54) is 12.1 Å². The van der Waals surface area contributed by atoms with Gasteiger partial charge in [-0.2, -0.15) is 22.5 Å². The Morgan fingerprint density at radius 1 is 0.659 bits per heavy atom. The molecule has 0 radical (unpaired) electrons. The van der Waals surface area contributed by atoms with Crippen molar-refractivity contribution in [2.75, 3.05) is 36.0 Å². The van der Waals surface area contributed by atoms with Crippen LogP contribution < -0.4 is 21.3 Å². The van der Waals surface area contributed by atoms with E-state index < -0.39 is 23.8 Å². The van der Waals surface area contributed by atoms with Crippen LogP contribution in [0.15, 0.2) is 53.0 Å². The molecule has 2 aliphatic rings. The van der Waals surface area contributed by atoms with Crippen LogP contribution in [0.1, 0.15) is 25.7 Å². The van der Waals surface area contributed by atoms with Crippen LogP contribution in [0, 0.1) is 35.6 Å². The Hall–Kier alpha value is -3.81. The van der Waals surface area contributed by atoms with E-state index in [4.69, 9.17) is 11.5 Å². The van der Waals surface area contributed by atoms with Gasteiger partial charge in [-0.25, -0.2) is 9.97 Å². The maximum Gasteiger partial charge on any atom is 0.229 e. The van der Waals surface area contributed by atoms with E-state index in [1.54, 1.807) is 24.3 Å². The summed E-state index contributed by atoms with van der Waals surface area (Å²) in [5.74, 6) is -1.94. The quantitative estimate of drug-likeness (QED) is 0.326. The van der Waals surface area contributed by atoms with Crippen molar-refractivity contribution in [2.24, 2.45) is 23.3 Å². The highest BCUT2D eigenvalue weighted by atomic mass is 79.9. The Morgan fingerprint density at radius 2 is 1.07 bits per heavy atom. The fraction of sp³-hybridized carbons (Fsp3) is 0.370. The number of hydrogen-bond donors (Lipinski definition) is 2. The molecule has 5 rings (SSSR count). The second-order valence-electron chi connectivity index (χ2n) is 9.37. The number of pyridine rings is 3. The number of carbonyl (C=O) groups excluding carboxylic acids is 2. The molecular formula is C27H30BrF4N7O2. The summed E-state index contributed by atoms with van der Waals surface area (Å²) in [6.45, 7) is 2.76. The lowest BCUT2D eigenvalue weighted by atomic mass is 9.96. The van der Waals surface area contributed by atoms with E-state index >= 15 is 0 Å². The van der Waals surface area contributed by atoms with Crippen molar-refractivity contribution >= 4 is 39.4 Å². The molecule has 2 aliphatic heterocycles. The molecule has 0 bridgehead atoms. The first-order chi connectivity index (χ1) is 19.5. The fourth-order valence-electron chi connectivity index (χ4n) is 4.33. The first kappa shape index (κ1) is 31.7. The Balaban J connectivity index is 0.000000180. The largest absolute Gasteiger partial charge is 0.369 e. The smallest absolute Gasteiger partial charge is 0.229 e. The van der Waals surface area contributed by atoms with Crippen LogP contribution >= 0.6 is 15.9 Å². The van der Waals surface area contributed by atoms with Crippen molar-refractivity contribution in [1.82, 2.24) is 15.0 Å². The third kappa shape index (κ3) is 9.95. The first-order valence-electron chi connectivity index (χ1n) is 12.8. The van der Waals surface area contributed by atoms with Crippen molar-refractivity contribution in [2.45, 2.75) is 25.7 Å². The van der Waals surface area contributed by atoms with Crippen LogP contribution in [-0.4, -0.2) is 52.9 Å². The van der Waals surface area contributed by atoms with Crippen LogP contribution in [0.4, 0.5) is 29.2 Å². The maximum atomic E-state index is 13.3. The SMILES string of the molecule is Fc1cccc(F)n1.NC(=O)C1CCN(c2ccc(Br)c(F)n2)CC1.NC(=O)C1CCN(c2cccc(F)n2)CC1. The van der Waals surface area contributed by atoms with Gasteiger partial charge in [-0.05, 0) is 78.0 Å². The second kappa shape index (κ2) is 15.3. The van der Waals surface area contributed by atoms with Crippen molar-refractivity contribution in [3.8, 4) is 0 Å². The molecule has 3 aromatic rings. The molecule has 3 aromatic heterocycles. The second-order valence-corrected chi connectivity index (χ2v) is 10.2. The molecular weight excluding hydrogens is 610 g/mol. The first-order valence-corrected chi connectivity index (χ1v) is 13.6. The third-order valence-electron chi connectivity index (χ3n) is 6.61. The molecule has 0 unspecified atom stereocenters. The standard InChI is InChI=1S/C11H13BrFN3O.C11H14FN3O.C5H3F2N/c12-8-1-2-9(15-10(8)13)16-5-3-7(4-6-16)11(14)17;12-9-2-1-3-10(14-9)15-6-4-8(5-7-15)11(13)16;6-4-2-1-3-5(7)8-4/h1-2,7H,3-6H2,(H2,14,17);1-3,8H,4-7H2,(H2,13,16);1-3H. The molecule has 5 heterocycles. The van der Waals surface area contributed by atoms with Crippen LogP contribution in [-0.2, 0) is 9.59 Å². The van der Waals surface area contributed by atoms with Crippen molar-refractivity contribution in [3.05, 3.63) is 76.8 Å². The fourth-order valence-corrected chi connectivity index (χ4v) is 4.55. The summed E-state index contributed by atoms with van der Waals surface area (Å²) < 4.78 is 50.2. The van der Waals surface area contributed by atoms with E-state index in [0.29, 0.717) is 68.0 Å². The lowest BCUT2D eigenvalue weighted by Gasteiger charge is -2.31. The summed E-state index contributed by atoms with van der Waals surface area (Å²) >= 11 is 3.06. The van der Waals surface area contributed by atoms with E-state index in [9.17, 15) is 27.2 Å². The van der Waals surface area contributed by atoms with Crippen LogP contribution in [0.3, 0.4) is 0 Å². The number of anilines is 2. The number of rotatable bonds is 4. The summed E-state index contributed by atoms with van der Waals surface area (Å²) in [5.41, 5.74) is 10.5. The zero-order chi connectivity index (χ0) is 29.9. The molecule has 0 aromatic carbocycles. The van der Waals surface area contributed by atoms with E-state index in [-0.39, 0.29) is 23.7 Å². The number of amides is 2. The van der Waals surface area contributed by atoms with Gasteiger partial charge in [0.15, 0.2) is 0 Å². The van der Waals surface area contributed by atoms with E-state index in [0.717, 1.165) is 12.1 Å². The van der Waals surface area contributed by atoms with E-state index in [1.807, 2.05) is 9.80 Å². The molecule has 0 spiro atoms. The minimum Gasteiger partial charge on any atom is -0.369 e. The number of piperidine rings is 2. The lowest BCUT2D eigenvalue weighted by Crippen LogP contribution is -2.39. The predicted molar refractivity (Wildman–Crippen MR) is 149 cm³/mol. The van der Waals surface area contributed by atoms with Crippen LogP contribution in [0.2, 0.25) is 0 Å². The van der Waals surface area contributed by atoms with Crippen LogP contribution in [0.25, 0.3) is 0 Å². The van der Waals surface area contributed by atoms with Gasteiger partial charge in [0.2, 0.25) is 35.6 Å². The molecule has 9 nitrogen and oxygen atoms in total. The molecule has 14 heteroatoms. The Labute approximate surface area is 243 Å². The minimum atomic E-state index is -0.787. The highest BCUT2D eigenvalue weighted by Crippen LogP contribution is 2.24. The van der Waals surface area contributed by atoms with E-state index in [2.05, 4.69) is 30.9 Å². The van der Waals surface area contributed by atoms with Gasteiger partial charge in [0.25, 0.3) is 0 Å². The molecule has 0 saturated carbocycles. The normalized spacial score (nSPS) is 15.7.